The van der Waals surface area contributed by atoms with Crippen molar-refractivity contribution in [2.45, 2.75) is 0 Å². The minimum atomic E-state index is -0.574. The highest BCUT2D eigenvalue weighted by molar-refractivity contribution is 6.02. The number of urea groups is 1. The van der Waals surface area contributed by atoms with Crippen LogP contribution < -0.4 is 10.9 Å². The molecule has 3 amide bonds. The molecule has 0 saturated carbocycles. The Balaban J connectivity index is 1.68. The molecule has 0 atom stereocenters. The summed E-state index contributed by atoms with van der Waals surface area (Å²) in [5.74, 6) is -0.711. The van der Waals surface area contributed by atoms with Crippen LogP contribution in [0.1, 0.15) is 10.4 Å². The summed E-state index contributed by atoms with van der Waals surface area (Å²) in [4.78, 5) is 25.6. The largest absolute Gasteiger partial charge is 0.507 e. The Morgan fingerprint density at radius 3 is 2.39 bits per heavy atom. The van der Waals surface area contributed by atoms with Crippen LogP contribution in [-0.4, -0.2) is 48.2 Å². The average Bonchev–Trinajstić information content (AvgIpc) is 2.59. The first-order valence-electron chi connectivity index (χ1n) is 7.30. The zero-order valence-corrected chi connectivity index (χ0v) is 12.4. The van der Waals surface area contributed by atoms with E-state index in [1.54, 1.807) is 11.0 Å². The number of fused-ring (bicyclic) bond motifs is 1. The summed E-state index contributed by atoms with van der Waals surface area (Å²) in [6, 6.07) is 10.1. The third-order valence-corrected chi connectivity index (χ3v) is 3.69. The maximum absolute atomic E-state index is 12.2. The number of hydrazine groups is 1. The second-order valence-corrected chi connectivity index (χ2v) is 5.20. The van der Waals surface area contributed by atoms with E-state index in [0.29, 0.717) is 26.3 Å². The van der Waals surface area contributed by atoms with Gasteiger partial charge in [-0.3, -0.25) is 10.2 Å². The summed E-state index contributed by atoms with van der Waals surface area (Å²) in [6.45, 7) is 1.91. The van der Waals surface area contributed by atoms with Crippen molar-refractivity contribution in [1.29, 1.82) is 0 Å². The van der Waals surface area contributed by atoms with Gasteiger partial charge in [-0.05, 0) is 22.9 Å². The van der Waals surface area contributed by atoms with Crippen LogP contribution in [0, 0.1) is 0 Å². The number of carbonyl (C=O) groups excluding carboxylic acids is 2. The number of hydrogen-bond donors (Lipinski definition) is 3. The van der Waals surface area contributed by atoms with Crippen molar-refractivity contribution in [2.24, 2.45) is 0 Å². The highest BCUT2D eigenvalue weighted by atomic mass is 16.5. The Hall–Kier alpha value is -2.80. The van der Waals surface area contributed by atoms with E-state index in [9.17, 15) is 14.7 Å². The number of ether oxygens (including phenoxy) is 1. The van der Waals surface area contributed by atoms with Gasteiger partial charge < -0.3 is 14.7 Å². The topological polar surface area (TPSA) is 90.9 Å². The van der Waals surface area contributed by atoms with Crippen molar-refractivity contribution in [3.63, 3.8) is 0 Å². The fourth-order valence-electron chi connectivity index (χ4n) is 2.43. The lowest BCUT2D eigenvalue weighted by Crippen LogP contribution is -2.52. The molecule has 7 heteroatoms. The maximum atomic E-state index is 12.2. The van der Waals surface area contributed by atoms with E-state index in [-0.39, 0.29) is 11.3 Å². The molecule has 3 rings (SSSR count). The van der Waals surface area contributed by atoms with Gasteiger partial charge in [-0.15, -0.1) is 0 Å². The molecule has 1 aliphatic rings. The highest BCUT2D eigenvalue weighted by Gasteiger charge is 2.18. The quantitative estimate of drug-likeness (QED) is 0.690. The first-order chi connectivity index (χ1) is 11.1. The Bertz CT molecular complexity index is 741. The van der Waals surface area contributed by atoms with Crippen molar-refractivity contribution in [3.8, 4) is 5.75 Å². The number of amides is 3. The second kappa shape index (κ2) is 6.53. The molecule has 3 N–H and O–H groups in total. The van der Waals surface area contributed by atoms with Crippen LogP contribution in [-0.2, 0) is 4.74 Å². The number of phenols is 1. The summed E-state index contributed by atoms with van der Waals surface area (Å²) >= 11 is 0. The molecule has 0 unspecified atom stereocenters. The fraction of sp³-hybridized carbons (Fsp3) is 0.250. The number of carbonyl (C=O) groups is 2. The Morgan fingerprint density at radius 2 is 1.70 bits per heavy atom. The SMILES string of the molecule is O=C(NNC(=O)N1CCOCC1)c1cc2ccccc2cc1O. The Morgan fingerprint density at radius 1 is 1.04 bits per heavy atom. The van der Waals surface area contributed by atoms with Crippen molar-refractivity contribution in [3.05, 3.63) is 42.0 Å². The fourth-order valence-corrected chi connectivity index (χ4v) is 2.43. The zero-order chi connectivity index (χ0) is 16.2. The van der Waals surface area contributed by atoms with Gasteiger partial charge in [0, 0.05) is 13.1 Å². The van der Waals surface area contributed by atoms with Crippen molar-refractivity contribution in [2.75, 3.05) is 26.3 Å². The number of nitrogens with zero attached hydrogens (tertiary/aromatic N) is 1. The summed E-state index contributed by atoms with van der Waals surface area (Å²) < 4.78 is 5.16. The van der Waals surface area contributed by atoms with Crippen molar-refractivity contribution in [1.82, 2.24) is 15.8 Å². The number of benzene rings is 2. The van der Waals surface area contributed by atoms with E-state index in [1.165, 1.54) is 6.07 Å². The van der Waals surface area contributed by atoms with Gasteiger partial charge in [0.2, 0.25) is 0 Å². The predicted molar refractivity (Wildman–Crippen MR) is 84.0 cm³/mol. The normalized spacial score (nSPS) is 14.5. The number of nitrogens with one attached hydrogen (secondary N) is 2. The summed E-state index contributed by atoms with van der Waals surface area (Å²) in [6.07, 6.45) is 0. The number of rotatable bonds is 1. The number of phenolic OH excluding ortho intramolecular Hbond substituents is 1. The van der Waals surface area contributed by atoms with Gasteiger partial charge in [-0.25, -0.2) is 10.2 Å². The molecule has 0 aromatic heterocycles. The molecule has 1 fully saturated rings. The molecule has 2 aromatic carbocycles. The molecular formula is C16H17N3O4. The predicted octanol–water partition coefficient (Wildman–Crippen LogP) is 1.23. The van der Waals surface area contributed by atoms with Gasteiger partial charge in [-0.1, -0.05) is 24.3 Å². The van der Waals surface area contributed by atoms with E-state index >= 15 is 0 Å². The van der Waals surface area contributed by atoms with E-state index < -0.39 is 11.9 Å². The van der Waals surface area contributed by atoms with Gasteiger partial charge in [0.15, 0.2) is 0 Å². The van der Waals surface area contributed by atoms with Gasteiger partial charge in [-0.2, -0.15) is 0 Å². The van der Waals surface area contributed by atoms with E-state index in [0.717, 1.165) is 10.8 Å². The first-order valence-corrected chi connectivity index (χ1v) is 7.30. The molecule has 1 saturated heterocycles. The van der Waals surface area contributed by atoms with Crippen LogP contribution in [0.25, 0.3) is 10.8 Å². The highest BCUT2D eigenvalue weighted by Crippen LogP contribution is 2.24. The molecule has 1 heterocycles. The molecule has 1 aliphatic heterocycles. The average molecular weight is 315 g/mol. The van der Waals surface area contributed by atoms with Crippen molar-refractivity contribution < 1.29 is 19.4 Å². The number of aromatic hydroxyl groups is 1. The van der Waals surface area contributed by atoms with Gasteiger partial charge in [0.05, 0.1) is 18.8 Å². The lowest BCUT2D eigenvalue weighted by atomic mass is 10.1. The third-order valence-electron chi connectivity index (χ3n) is 3.69. The monoisotopic (exact) mass is 315 g/mol. The van der Waals surface area contributed by atoms with Gasteiger partial charge in [0.1, 0.15) is 5.75 Å². The van der Waals surface area contributed by atoms with Crippen LogP contribution in [0.5, 0.6) is 5.75 Å². The second-order valence-electron chi connectivity index (χ2n) is 5.20. The molecular weight excluding hydrogens is 298 g/mol. The zero-order valence-electron chi connectivity index (χ0n) is 12.4. The molecule has 2 aromatic rings. The molecule has 120 valence electrons. The van der Waals surface area contributed by atoms with E-state index in [4.69, 9.17) is 4.74 Å². The summed E-state index contributed by atoms with van der Waals surface area (Å²) in [5, 5.41) is 11.7. The standard InChI is InChI=1S/C16H17N3O4/c20-14-10-12-4-2-1-3-11(12)9-13(14)15(21)17-18-16(22)19-5-7-23-8-6-19/h1-4,9-10,20H,5-8H2,(H,17,21)(H,18,22). The molecule has 0 spiro atoms. The maximum Gasteiger partial charge on any atom is 0.336 e. The first kappa shape index (κ1) is 15.1. The van der Waals surface area contributed by atoms with Crippen LogP contribution >= 0.6 is 0 Å². The van der Waals surface area contributed by atoms with Crippen LogP contribution in [0.2, 0.25) is 0 Å². The molecule has 0 aliphatic carbocycles. The Kier molecular flexibility index (Phi) is 4.29. The lowest BCUT2D eigenvalue weighted by molar-refractivity contribution is 0.0519. The van der Waals surface area contributed by atoms with Crippen LogP contribution in [0.4, 0.5) is 4.79 Å². The lowest BCUT2D eigenvalue weighted by Gasteiger charge is -2.26. The molecule has 0 radical (unpaired) electrons. The van der Waals surface area contributed by atoms with Gasteiger partial charge >= 0.3 is 6.03 Å². The van der Waals surface area contributed by atoms with Gasteiger partial charge in [0.25, 0.3) is 5.91 Å². The summed E-state index contributed by atoms with van der Waals surface area (Å²) in [5.41, 5.74) is 4.77. The minimum absolute atomic E-state index is 0.103. The molecule has 7 nitrogen and oxygen atoms in total. The van der Waals surface area contributed by atoms with Crippen LogP contribution in [0.3, 0.4) is 0 Å². The smallest absolute Gasteiger partial charge is 0.336 e. The third kappa shape index (κ3) is 3.35. The summed E-state index contributed by atoms with van der Waals surface area (Å²) in [7, 11) is 0. The molecule has 0 bridgehead atoms. The van der Waals surface area contributed by atoms with E-state index in [2.05, 4.69) is 10.9 Å². The number of morpholine rings is 1. The number of hydrogen-bond acceptors (Lipinski definition) is 4. The van der Waals surface area contributed by atoms with E-state index in [1.807, 2.05) is 24.3 Å². The Labute approximate surface area is 132 Å². The van der Waals surface area contributed by atoms with Crippen molar-refractivity contribution >= 4 is 22.7 Å². The molecule has 23 heavy (non-hydrogen) atoms. The van der Waals surface area contributed by atoms with Crippen LogP contribution in [0.15, 0.2) is 36.4 Å². The minimum Gasteiger partial charge on any atom is -0.507 e.